The van der Waals surface area contributed by atoms with Gasteiger partial charge in [0, 0.05) is 18.3 Å². The molecule has 0 bridgehead atoms. The molecule has 2 heterocycles. The van der Waals surface area contributed by atoms with Crippen LogP contribution in [0.25, 0.3) is 16.9 Å². The van der Waals surface area contributed by atoms with Crippen LogP contribution in [0.1, 0.15) is 22.8 Å². The minimum atomic E-state index is -1.000. The Morgan fingerprint density at radius 1 is 1.00 bits per heavy atom. The summed E-state index contributed by atoms with van der Waals surface area (Å²) >= 11 is 0. The third-order valence-corrected chi connectivity index (χ3v) is 5.56. The lowest BCUT2D eigenvalue weighted by Crippen LogP contribution is -2.35. The highest BCUT2D eigenvalue weighted by Gasteiger charge is 2.24. The average Bonchev–Trinajstić information content (AvgIpc) is 3.55. The Hall–Kier alpha value is -4.59. The van der Waals surface area contributed by atoms with E-state index < -0.39 is 18.0 Å². The second-order valence-corrected chi connectivity index (χ2v) is 7.99. The number of carbonyl (C=O) groups is 2. The van der Waals surface area contributed by atoms with Gasteiger partial charge in [-0.1, -0.05) is 54.6 Å². The van der Waals surface area contributed by atoms with E-state index in [-0.39, 0.29) is 18.9 Å². The van der Waals surface area contributed by atoms with Crippen LogP contribution in [0.2, 0.25) is 0 Å². The van der Waals surface area contributed by atoms with Crippen LogP contribution >= 0.6 is 0 Å². The summed E-state index contributed by atoms with van der Waals surface area (Å²) < 4.78 is 17.8. The number of hydrogen-bond donors (Lipinski definition) is 1. The maximum Gasteiger partial charge on any atom is 0.342 e. The standard InChI is InChI=1S/C27H23N3O5/c1-18(26(31)28-15-19-12-13-23-24(14-19)34-17-33-23)35-27(32)22-16-30(21-10-6-3-7-11-21)29-25(22)20-8-4-2-5-9-20/h2-14,16,18H,15,17H2,1H3,(H,28,31). The molecule has 3 aromatic carbocycles. The Labute approximate surface area is 202 Å². The Morgan fingerprint density at radius 3 is 2.49 bits per heavy atom. The molecule has 0 spiro atoms. The third-order valence-electron chi connectivity index (χ3n) is 5.56. The molecule has 35 heavy (non-hydrogen) atoms. The fourth-order valence-electron chi connectivity index (χ4n) is 3.71. The summed E-state index contributed by atoms with van der Waals surface area (Å²) in [5.74, 6) is 0.275. The molecule has 5 rings (SSSR count). The SMILES string of the molecule is CC(OC(=O)c1cn(-c2ccccc2)nc1-c1ccccc1)C(=O)NCc1ccc2c(c1)OCO2. The van der Waals surface area contributed by atoms with Crippen molar-refractivity contribution in [2.24, 2.45) is 0 Å². The molecule has 0 fully saturated rings. The molecular weight excluding hydrogens is 446 g/mol. The van der Waals surface area contributed by atoms with Gasteiger partial charge in [-0.05, 0) is 36.8 Å². The summed E-state index contributed by atoms with van der Waals surface area (Å²) in [4.78, 5) is 25.7. The molecule has 176 valence electrons. The van der Waals surface area contributed by atoms with Crippen molar-refractivity contribution in [3.8, 4) is 28.4 Å². The monoisotopic (exact) mass is 469 g/mol. The fraction of sp³-hybridized carbons (Fsp3) is 0.148. The lowest BCUT2D eigenvalue weighted by molar-refractivity contribution is -0.129. The molecule has 8 heteroatoms. The zero-order valence-electron chi connectivity index (χ0n) is 19.0. The molecule has 1 unspecified atom stereocenters. The van der Waals surface area contributed by atoms with E-state index in [4.69, 9.17) is 14.2 Å². The van der Waals surface area contributed by atoms with Gasteiger partial charge in [-0.25, -0.2) is 9.48 Å². The molecule has 0 saturated carbocycles. The highest BCUT2D eigenvalue weighted by atomic mass is 16.7. The molecule has 4 aromatic rings. The predicted octanol–water partition coefficient (Wildman–Crippen LogP) is 4.13. The number of ether oxygens (including phenoxy) is 3. The van der Waals surface area contributed by atoms with Crippen molar-refractivity contribution in [3.63, 3.8) is 0 Å². The second kappa shape index (κ2) is 9.72. The van der Waals surface area contributed by atoms with Crippen molar-refractivity contribution in [1.29, 1.82) is 0 Å². The molecule has 1 aliphatic heterocycles. The number of nitrogens with zero attached hydrogens (tertiary/aromatic N) is 2. The van der Waals surface area contributed by atoms with Gasteiger partial charge in [-0.2, -0.15) is 5.10 Å². The fourth-order valence-corrected chi connectivity index (χ4v) is 3.71. The largest absolute Gasteiger partial charge is 0.454 e. The van der Waals surface area contributed by atoms with Crippen LogP contribution < -0.4 is 14.8 Å². The molecular formula is C27H23N3O5. The predicted molar refractivity (Wildman–Crippen MR) is 128 cm³/mol. The summed E-state index contributed by atoms with van der Waals surface area (Å²) in [5.41, 5.74) is 3.17. The van der Waals surface area contributed by atoms with E-state index in [1.165, 1.54) is 6.92 Å². The summed E-state index contributed by atoms with van der Waals surface area (Å²) in [5, 5.41) is 7.41. The number of para-hydroxylation sites is 1. The first-order valence-electron chi connectivity index (χ1n) is 11.2. The summed E-state index contributed by atoms with van der Waals surface area (Å²) in [6, 6.07) is 24.3. The number of aromatic nitrogens is 2. The van der Waals surface area contributed by atoms with Crippen LogP contribution in [-0.4, -0.2) is 34.6 Å². The minimum Gasteiger partial charge on any atom is -0.454 e. The number of esters is 1. The number of rotatable bonds is 7. The van der Waals surface area contributed by atoms with Crippen molar-refractivity contribution in [2.45, 2.75) is 19.6 Å². The molecule has 1 aliphatic rings. The number of fused-ring (bicyclic) bond motifs is 1. The van der Waals surface area contributed by atoms with Gasteiger partial charge in [0.05, 0.1) is 5.69 Å². The molecule has 0 aliphatic carbocycles. The highest BCUT2D eigenvalue weighted by Crippen LogP contribution is 2.32. The minimum absolute atomic E-state index is 0.184. The molecule has 1 atom stereocenters. The van der Waals surface area contributed by atoms with E-state index in [1.807, 2.05) is 72.8 Å². The lowest BCUT2D eigenvalue weighted by atomic mass is 10.1. The van der Waals surface area contributed by atoms with Gasteiger partial charge in [-0.15, -0.1) is 0 Å². The van der Waals surface area contributed by atoms with E-state index >= 15 is 0 Å². The summed E-state index contributed by atoms with van der Waals surface area (Å²) in [7, 11) is 0. The maximum atomic E-state index is 13.1. The summed E-state index contributed by atoms with van der Waals surface area (Å²) in [6.45, 7) is 1.99. The smallest absolute Gasteiger partial charge is 0.342 e. The van der Waals surface area contributed by atoms with Crippen LogP contribution in [0.15, 0.2) is 85.1 Å². The number of benzene rings is 3. The van der Waals surface area contributed by atoms with Crippen LogP contribution in [0.3, 0.4) is 0 Å². The first-order chi connectivity index (χ1) is 17.1. The lowest BCUT2D eigenvalue weighted by Gasteiger charge is -2.13. The molecule has 1 aromatic heterocycles. The Morgan fingerprint density at radius 2 is 1.71 bits per heavy atom. The molecule has 0 radical (unpaired) electrons. The van der Waals surface area contributed by atoms with Crippen LogP contribution in [0, 0.1) is 0 Å². The Balaban J connectivity index is 1.30. The zero-order valence-corrected chi connectivity index (χ0v) is 19.0. The first kappa shape index (κ1) is 22.2. The van der Waals surface area contributed by atoms with Crippen molar-refractivity contribution >= 4 is 11.9 Å². The van der Waals surface area contributed by atoms with Crippen LogP contribution in [0.4, 0.5) is 0 Å². The molecule has 8 nitrogen and oxygen atoms in total. The van der Waals surface area contributed by atoms with Crippen molar-refractivity contribution in [3.05, 3.63) is 96.2 Å². The average molecular weight is 469 g/mol. The van der Waals surface area contributed by atoms with Crippen molar-refractivity contribution in [2.75, 3.05) is 6.79 Å². The van der Waals surface area contributed by atoms with E-state index in [9.17, 15) is 9.59 Å². The Kier molecular flexibility index (Phi) is 6.17. The van der Waals surface area contributed by atoms with Crippen molar-refractivity contribution < 1.29 is 23.8 Å². The molecule has 0 saturated heterocycles. The quantitative estimate of drug-likeness (QED) is 0.409. The van der Waals surface area contributed by atoms with E-state index in [2.05, 4.69) is 10.4 Å². The van der Waals surface area contributed by atoms with Crippen LogP contribution in [0.5, 0.6) is 11.5 Å². The van der Waals surface area contributed by atoms with Gasteiger partial charge in [-0.3, -0.25) is 4.79 Å². The van der Waals surface area contributed by atoms with Gasteiger partial charge in [0.1, 0.15) is 11.3 Å². The number of nitrogens with one attached hydrogen (secondary N) is 1. The van der Waals surface area contributed by atoms with Gasteiger partial charge >= 0.3 is 5.97 Å². The molecule has 1 N–H and O–H groups in total. The third kappa shape index (κ3) is 4.86. The van der Waals surface area contributed by atoms with Crippen molar-refractivity contribution in [1.82, 2.24) is 15.1 Å². The number of hydrogen-bond acceptors (Lipinski definition) is 6. The zero-order chi connectivity index (χ0) is 24.2. The topological polar surface area (TPSA) is 91.7 Å². The van der Waals surface area contributed by atoms with E-state index in [0.717, 1.165) is 16.8 Å². The van der Waals surface area contributed by atoms with E-state index in [0.29, 0.717) is 17.2 Å². The first-order valence-corrected chi connectivity index (χ1v) is 11.2. The van der Waals surface area contributed by atoms with Gasteiger partial charge in [0.15, 0.2) is 17.6 Å². The van der Waals surface area contributed by atoms with Crippen LogP contribution in [-0.2, 0) is 16.1 Å². The number of carbonyl (C=O) groups excluding carboxylic acids is 2. The van der Waals surface area contributed by atoms with Gasteiger partial charge in [0.25, 0.3) is 5.91 Å². The van der Waals surface area contributed by atoms with Gasteiger partial charge in [0.2, 0.25) is 6.79 Å². The normalized spacial score (nSPS) is 12.7. The van der Waals surface area contributed by atoms with Gasteiger partial charge < -0.3 is 19.5 Å². The second-order valence-electron chi connectivity index (χ2n) is 7.99. The van der Waals surface area contributed by atoms with E-state index in [1.54, 1.807) is 16.9 Å². The highest BCUT2D eigenvalue weighted by molar-refractivity contribution is 5.97. The summed E-state index contributed by atoms with van der Waals surface area (Å²) in [6.07, 6.45) is 0.622. The maximum absolute atomic E-state index is 13.1. The number of amides is 1. The molecule has 1 amide bonds. The Bertz CT molecular complexity index is 1350.